The highest BCUT2D eigenvalue weighted by Crippen LogP contribution is 2.12. The van der Waals surface area contributed by atoms with E-state index in [1.165, 1.54) is 0 Å². The molecule has 0 aromatic heterocycles. The second kappa shape index (κ2) is 6.85. The summed E-state index contributed by atoms with van der Waals surface area (Å²) >= 11 is 0. The van der Waals surface area contributed by atoms with Crippen molar-refractivity contribution in [1.82, 2.24) is 5.06 Å². The highest BCUT2D eigenvalue weighted by molar-refractivity contribution is 6.01. The van der Waals surface area contributed by atoms with Crippen LogP contribution in [-0.2, 0) is 23.9 Å². The van der Waals surface area contributed by atoms with Crippen molar-refractivity contribution in [3.05, 3.63) is 0 Å². The predicted octanol–water partition coefficient (Wildman–Crippen LogP) is 0.630. The molecule has 7 heteroatoms. The second-order valence-corrected chi connectivity index (χ2v) is 3.32. The first kappa shape index (κ1) is 13.4. The second-order valence-electron chi connectivity index (χ2n) is 3.32. The van der Waals surface area contributed by atoms with Crippen molar-refractivity contribution in [2.75, 3.05) is 19.8 Å². The van der Waals surface area contributed by atoms with Gasteiger partial charge in [0, 0.05) is 32.5 Å². The molecule has 7 nitrogen and oxygen atoms in total. The Kier molecular flexibility index (Phi) is 5.41. The van der Waals surface area contributed by atoms with Crippen LogP contribution in [0, 0.1) is 0 Å². The van der Waals surface area contributed by atoms with Crippen LogP contribution in [-0.4, -0.2) is 42.9 Å². The van der Waals surface area contributed by atoms with E-state index in [4.69, 9.17) is 4.74 Å². The molecule has 1 aliphatic rings. The van der Waals surface area contributed by atoms with Crippen molar-refractivity contribution in [3.63, 3.8) is 0 Å². The van der Waals surface area contributed by atoms with Gasteiger partial charge in [0.2, 0.25) is 0 Å². The molecule has 0 radical (unpaired) electrons. The normalized spacial score (nSPS) is 15.2. The van der Waals surface area contributed by atoms with Crippen molar-refractivity contribution in [2.45, 2.75) is 26.2 Å². The topological polar surface area (TPSA) is 82.1 Å². The lowest BCUT2D eigenvalue weighted by molar-refractivity contribution is -0.177. The molecule has 96 valence electrons. The number of amides is 2. The van der Waals surface area contributed by atoms with E-state index in [-0.39, 0.29) is 19.4 Å². The van der Waals surface area contributed by atoms with Gasteiger partial charge in [-0.15, -0.1) is 0 Å². The molecule has 17 heavy (non-hydrogen) atoms. The number of hydrogen-bond donors (Lipinski definition) is 0. The fourth-order valence-corrected chi connectivity index (χ4v) is 1.22. The van der Waals surface area contributed by atoms with Gasteiger partial charge in [-0.2, -0.15) is 0 Å². The van der Waals surface area contributed by atoms with Gasteiger partial charge in [0.25, 0.3) is 11.8 Å². The van der Waals surface area contributed by atoms with E-state index in [0.29, 0.717) is 24.7 Å². The molecular formula is C10H15NO6. The maximum Gasteiger partial charge on any atom is 0.533 e. The SMILES string of the molecule is CCOCCCOC(=O)ON1C(=O)CCC1=O. The summed E-state index contributed by atoms with van der Waals surface area (Å²) in [5.41, 5.74) is 0. The van der Waals surface area contributed by atoms with Gasteiger partial charge in [-0.3, -0.25) is 14.4 Å². The Morgan fingerprint density at radius 2 is 1.88 bits per heavy atom. The molecular weight excluding hydrogens is 230 g/mol. The fraction of sp³-hybridized carbons (Fsp3) is 0.700. The van der Waals surface area contributed by atoms with E-state index >= 15 is 0 Å². The van der Waals surface area contributed by atoms with E-state index in [2.05, 4.69) is 9.57 Å². The first-order chi connectivity index (χ1) is 8.15. The first-order valence-electron chi connectivity index (χ1n) is 5.43. The van der Waals surface area contributed by atoms with Gasteiger partial charge in [-0.25, -0.2) is 4.79 Å². The lowest BCUT2D eigenvalue weighted by atomic mass is 10.4. The zero-order valence-electron chi connectivity index (χ0n) is 9.64. The third-order valence-corrected chi connectivity index (χ3v) is 2.03. The smallest absolute Gasteiger partial charge is 0.433 e. The van der Waals surface area contributed by atoms with Gasteiger partial charge < -0.3 is 9.47 Å². The maximum absolute atomic E-state index is 11.1. The van der Waals surface area contributed by atoms with Crippen LogP contribution in [0.5, 0.6) is 0 Å². The van der Waals surface area contributed by atoms with E-state index < -0.39 is 18.0 Å². The van der Waals surface area contributed by atoms with E-state index in [1.807, 2.05) is 6.92 Å². The number of ether oxygens (including phenoxy) is 2. The number of carbonyl (C=O) groups excluding carboxylic acids is 3. The quantitative estimate of drug-likeness (QED) is 0.388. The van der Waals surface area contributed by atoms with Crippen LogP contribution >= 0.6 is 0 Å². The largest absolute Gasteiger partial charge is 0.533 e. The zero-order chi connectivity index (χ0) is 12.7. The molecule has 1 rings (SSSR count). The minimum Gasteiger partial charge on any atom is -0.433 e. The van der Waals surface area contributed by atoms with Crippen LogP contribution < -0.4 is 0 Å². The minimum atomic E-state index is -1.05. The standard InChI is InChI=1S/C10H15NO6/c1-2-15-6-3-7-16-10(14)17-11-8(12)4-5-9(11)13/h2-7H2,1H3. The fourth-order valence-electron chi connectivity index (χ4n) is 1.22. The lowest BCUT2D eigenvalue weighted by Crippen LogP contribution is -2.32. The molecule has 1 saturated heterocycles. The van der Waals surface area contributed by atoms with Crippen LogP contribution in [0.1, 0.15) is 26.2 Å². The van der Waals surface area contributed by atoms with E-state index in [0.717, 1.165) is 0 Å². The summed E-state index contributed by atoms with van der Waals surface area (Å²) in [6.07, 6.45) is -0.386. The Morgan fingerprint density at radius 1 is 1.24 bits per heavy atom. The molecule has 0 aliphatic carbocycles. The summed E-state index contributed by atoms with van der Waals surface area (Å²) in [6, 6.07) is 0. The first-order valence-corrected chi connectivity index (χ1v) is 5.43. The Morgan fingerprint density at radius 3 is 2.47 bits per heavy atom. The Hall–Kier alpha value is -1.63. The number of carbonyl (C=O) groups is 3. The predicted molar refractivity (Wildman–Crippen MR) is 54.6 cm³/mol. The average Bonchev–Trinajstić information content (AvgIpc) is 2.60. The number of hydroxylamine groups is 2. The molecule has 0 saturated carbocycles. The Labute approximate surface area is 98.6 Å². The van der Waals surface area contributed by atoms with Crippen LogP contribution in [0.4, 0.5) is 4.79 Å². The summed E-state index contributed by atoms with van der Waals surface area (Å²) < 4.78 is 9.69. The van der Waals surface area contributed by atoms with Gasteiger partial charge in [-0.05, 0) is 6.92 Å². The summed E-state index contributed by atoms with van der Waals surface area (Å²) in [5, 5.41) is 0.449. The van der Waals surface area contributed by atoms with Crippen molar-refractivity contribution in [2.24, 2.45) is 0 Å². The number of hydrogen-bond acceptors (Lipinski definition) is 6. The van der Waals surface area contributed by atoms with Crippen molar-refractivity contribution >= 4 is 18.0 Å². The van der Waals surface area contributed by atoms with Gasteiger partial charge in [-0.1, -0.05) is 5.06 Å². The van der Waals surface area contributed by atoms with Crippen LogP contribution in [0.25, 0.3) is 0 Å². The highest BCUT2D eigenvalue weighted by atomic mass is 16.8. The van der Waals surface area contributed by atoms with Crippen LogP contribution in [0.3, 0.4) is 0 Å². The van der Waals surface area contributed by atoms with Crippen molar-refractivity contribution < 1.29 is 28.7 Å². The van der Waals surface area contributed by atoms with Crippen LogP contribution in [0.15, 0.2) is 0 Å². The molecule has 1 heterocycles. The van der Waals surface area contributed by atoms with Crippen molar-refractivity contribution in [3.8, 4) is 0 Å². The third-order valence-electron chi connectivity index (χ3n) is 2.03. The number of nitrogens with zero attached hydrogens (tertiary/aromatic N) is 1. The third kappa shape index (κ3) is 4.39. The average molecular weight is 245 g/mol. The molecule has 0 bridgehead atoms. The Bertz CT molecular complexity index is 287. The van der Waals surface area contributed by atoms with Gasteiger partial charge >= 0.3 is 6.16 Å². The summed E-state index contributed by atoms with van der Waals surface area (Å²) in [6.45, 7) is 3.06. The monoisotopic (exact) mass is 245 g/mol. The Balaban J connectivity index is 2.16. The van der Waals surface area contributed by atoms with E-state index in [1.54, 1.807) is 0 Å². The van der Waals surface area contributed by atoms with Gasteiger partial charge in [0.05, 0.1) is 6.61 Å². The lowest BCUT2D eigenvalue weighted by Gasteiger charge is -2.12. The van der Waals surface area contributed by atoms with Crippen LogP contribution in [0.2, 0.25) is 0 Å². The summed E-state index contributed by atoms with van der Waals surface area (Å²) in [7, 11) is 0. The zero-order valence-corrected chi connectivity index (χ0v) is 9.64. The molecule has 1 aliphatic heterocycles. The van der Waals surface area contributed by atoms with Gasteiger partial charge in [0.15, 0.2) is 0 Å². The molecule has 0 unspecified atom stereocenters. The minimum absolute atomic E-state index is 0.0659. The number of imide groups is 1. The highest BCUT2D eigenvalue weighted by Gasteiger charge is 2.33. The number of rotatable bonds is 6. The summed E-state index contributed by atoms with van der Waals surface area (Å²) in [4.78, 5) is 37.7. The van der Waals surface area contributed by atoms with Gasteiger partial charge in [0.1, 0.15) is 0 Å². The molecule has 0 spiro atoms. The molecule has 0 aromatic carbocycles. The molecule has 1 fully saturated rings. The molecule has 0 atom stereocenters. The molecule has 2 amide bonds. The van der Waals surface area contributed by atoms with E-state index in [9.17, 15) is 14.4 Å². The summed E-state index contributed by atoms with van der Waals surface area (Å²) in [5.74, 6) is -1.05. The molecule has 0 aromatic rings. The molecule has 0 N–H and O–H groups in total. The van der Waals surface area contributed by atoms with Crippen molar-refractivity contribution in [1.29, 1.82) is 0 Å². The maximum atomic E-state index is 11.1.